The van der Waals surface area contributed by atoms with Crippen molar-refractivity contribution >= 4 is 28.6 Å². The summed E-state index contributed by atoms with van der Waals surface area (Å²) >= 11 is 1.41. The van der Waals surface area contributed by atoms with Crippen LogP contribution in [0.25, 0.3) is 10.9 Å². The van der Waals surface area contributed by atoms with E-state index in [-0.39, 0.29) is 22.8 Å². The minimum Gasteiger partial charge on any atom is -0.352 e. The monoisotopic (exact) mass is 399 g/mol. The lowest BCUT2D eigenvalue weighted by atomic mass is 9.78. The van der Waals surface area contributed by atoms with Crippen LogP contribution in [0.15, 0.2) is 34.2 Å². The summed E-state index contributed by atoms with van der Waals surface area (Å²) in [5.41, 5.74) is 0.728. The molecule has 6 heteroatoms. The third-order valence-corrected chi connectivity index (χ3v) is 7.41. The van der Waals surface area contributed by atoms with E-state index in [1.54, 1.807) is 0 Å². The molecule has 2 aliphatic carbocycles. The molecule has 2 saturated carbocycles. The fourth-order valence-electron chi connectivity index (χ4n) is 4.18. The number of thioether (sulfide) groups is 1. The van der Waals surface area contributed by atoms with E-state index in [1.165, 1.54) is 18.2 Å². The number of rotatable bonds is 5. The van der Waals surface area contributed by atoms with E-state index in [1.807, 2.05) is 35.8 Å². The number of amides is 1. The Morgan fingerprint density at radius 2 is 1.96 bits per heavy atom. The van der Waals surface area contributed by atoms with Gasteiger partial charge < -0.3 is 5.32 Å². The van der Waals surface area contributed by atoms with Crippen molar-refractivity contribution in [1.29, 1.82) is 0 Å². The summed E-state index contributed by atoms with van der Waals surface area (Å²) < 4.78 is 1.90. The summed E-state index contributed by atoms with van der Waals surface area (Å²) in [5.74, 6) is 1.02. The van der Waals surface area contributed by atoms with Crippen LogP contribution in [0.3, 0.4) is 0 Å². The zero-order valence-electron chi connectivity index (χ0n) is 16.9. The summed E-state index contributed by atoms with van der Waals surface area (Å²) in [5, 5.41) is 4.12. The molecule has 0 spiro atoms. The van der Waals surface area contributed by atoms with Gasteiger partial charge in [-0.1, -0.05) is 50.6 Å². The number of hydrogen-bond acceptors (Lipinski definition) is 4. The number of benzene rings is 1. The number of aromatic nitrogens is 2. The van der Waals surface area contributed by atoms with Gasteiger partial charge in [0.15, 0.2) is 5.16 Å². The number of fused-ring (bicyclic) bond motifs is 1. The number of carbonyl (C=O) groups is 1. The molecule has 150 valence electrons. The zero-order valence-corrected chi connectivity index (χ0v) is 17.7. The lowest BCUT2D eigenvalue weighted by Crippen LogP contribution is -2.37. The fraction of sp³-hybridized carbons (Fsp3) is 0.591. The predicted octanol–water partition coefficient (Wildman–Crippen LogP) is 4.15. The van der Waals surface area contributed by atoms with Crippen LogP contribution < -0.4 is 10.9 Å². The molecule has 1 aromatic heterocycles. The van der Waals surface area contributed by atoms with E-state index in [9.17, 15) is 9.59 Å². The molecule has 4 atom stereocenters. The smallest absolute Gasteiger partial charge is 0.262 e. The Morgan fingerprint density at radius 1 is 1.21 bits per heavy atom. The van der Waals surface area contributed by atoms with Crippen LogP contribution in [0.4, 0.5) is 0 Å². The van der Waals surface area contributed by atoms with Crippen LogP contribution >= 0.6 is 11.8 Å². The number of para-hydroxylation sites is 1. The van der Waals surface area contributed by atoms with Crippen molar-refractivity contribution in [2.45, 2.75) is 75.4 Å². The molecule has 1 aromatic carbocycles. The van der Waals surface area contributed by atoms with E-state index in [2.05, 4.69) is 19.2 Å². The minimum absolute atomic E-state index is 0.0221. The summed E-state index contributed by atoms with van der Waals surface area (Å²) in [6, 6.07) is 8.00. The first kappa shape index (κ1) is 19.5. The molecule has 4 rings (SSSR count). The van der Waals surface area contributed by atoms with Crippen molar-refractivity contribution in [3.05, 3.63) is 34.6 Å². The Morgan fingerprint density at radius 3 is 2.71 bits per heavy atom. The highest BCUT2D eigenvalue weighted by molar-refractivity contribution is 8.00. The van der Waals surface area contributed by atoms with Gasteiger partial charge in [0.2, 0.25) is 5.91 Å². The van der Waals surface area contributed by atoms with Gasteiger partial charge in [-0.2, -0.15) is 0 Å². The van der Waals surface area contributed by atoms with Crippen molar-refractivity contribution in [1.82, 2.24) is 14.9 Å². The topological polar surface area (TPSA) is 64.0 Å². The quantitative estimate of drug-likeness (QED) is 0.606. The van der Waals surface area contributed by atoms with Crippen LogP contribution in [0.1, 0.15) is 58.9 Å². The van der Waals surface area contributed by atoms with Crippen molar-refractivity contribution in [3.8, 4) is 0 Å². The van der Waals surface area contributed by atoms with Crippen LogP contribution in [0.5, 0.6) is 0 Å². The molecule has 2 fully saturated rings. The maximum atomic E-state index is 13.4. The van der Waals surface area contributed by atoms with Crippen molar-refractivity contribution in [2.24, 2.45) is 11.8 Å². The maximum Gasteiger partial charge on any atom is 0.262 e. The first-order chi connectivity index (χ1) is 13.5. The fourth-order valence-corrected chi connectivity index (χ4v) is 5.15. The number of carbonyl (C=O) groups excluding carboxylic acids is 1. The third kappa shape index (κ3) is 3.84. The first-order valence-electron chi connectivity index (χ1n) is 10.4. The molecule has 1 N–H and O–H groups in total. The van der Waals surface area contributed by atoms with Gasteiger partial charge in [-0.3, -0.25) is 14.2 Å². The third-order valence-electron chi connectivity index (χ3n) is 6.35. The van der Waals surface area contributed by atoms with Crippen molar-refractivity contribution in [2.75, 3.05) is 0 Å². The normalized spacial score (nSPS) is 26.2. The summed E-state index contributed by atoms with van der Waals surface area (Å²) in [6.07, 6.45) is 5.45. The molecule has 0 unspecified atom stereocenters. The molecule has 0 radical (unpaired) electrons. The van der Waals surface area contributed by atoms with Crippen LogP contribution in [-0.2, 0) is 4.79 Å². The Hall–Kier alpha value is -1.82. The lowest BCUT2D eigenvalue weighted by Gasteiger charge is -2.36. The number of nitrogens with zero attached hydrogens (tertiary/aromatic N) is 2. The standard InChI is InChI=1S/C22H29N3O2S/c1-13-7-6-10-19(14(13)2)25-21(27)17-8-4-5-9-18(17)24-22(25)28-15(3)20(26)23-16-11-12-16/h4-5,8-9,13-16,19H,6-7,10-12H2,1-3H3,(H,23,26)/t13-,14+,15-,19-/m0/s1. The van der Waals surface area contributed by atoms with Crippen molar-refractivity contribution in [3.63, 3.8) is 0 Å². The van der Waals surface area contributed by atoms with Crippen LogP contribution in [-0.4, -0.2) is 26.8 Å². The second-order valence-electron chi connectivity index (χ2n) is 8.46. The van der Waals surface area contributed by atoms with Gasteiger partial charge in [0.25, 0.3) is 5.56 Å². The molecular weight excluding hydrogens is 370 g/mol. The molecule has 5 nitrogen and oxygen atoms in total. The van der Waals surface area contributed by atoms with E-state index in [0.29, 0.717) is 33.9 Å². The van der Waals surface area contributed by atoms with Crippen LogP contribution in [0, 0.1) is 11.8 Å². The number of hydrogen-bond donors (Lipinski definition) is 1. The van der Waals surface area contributed by atoms with E-state index in [4.69, 9.17) is 4.98 Å². The molecule has 0 bridgehead atoms. The van der Waals surface area contributed by atoms with Gasteiger partial charge in [-0.15, -0.1) is 0 Å². The molecule has 2 aliphatic rings. The second-order valence-corrected chi connectivity index (χ2v) is 9.77. The molecule has 28 heavy (non-hydrogen) atoms. The molecule has 1 amide bonds. The highest BCUT2D eigenvalue weighted by Gasteiger charge is 2.33. The predicted molar refractivity (Wildman–Crippen MR) is 114 cm³/mol. The average Bonchev–Trinajstić information content (AvgIpc) is 3.49. The zero-order chi connectivity index (χ0) is 19.8. The largest absolute Gasteiger partial charge is 0.352 e. The van der Waals surface area contributed by atoms with E-state index < -0.39 is 0 Å². The Labute approximate surface area is 170 Å². The molecule has 2 aromatic rings. The molecule has 0 saturated heterocycles. The average molecular weight is 400 g/mol. The Bertz CT molecular complexity index is 937. The summed E-state index contributed by atoms with van der Waals surface area (Å²) in [4.78, 5) is 30.8. The molecule has 0 aliphatic heterocycles. The van der Waals surface area contributed by atoms with E-state index in [0.717, 1.165) is 25.7 Å². The summed E-state index contributed by atoms with van der Waals surface area (Å²) in [7, 11) is 0. The molecular formula is C22H29N3O2S. The van der Waals surface area contributed by atoms with Gasteiger partial charge in [0.05, 0.1) is 16.2 Å². The summed E-state index contributed by atoms with van der Waals surface area (Å²) in [6.45, 7) is 6.42. The second kappa shape index (κ2) is 7.90. The van der Waals surface area contributed by atoms with Gasteiger partial charge >= 0.3 is 0 Å². The Kier molecular flexibility index (Phi) is 5.50. The Balaban J connectivity index is 1.74. The highest BCUT2D eigenvalue weighted by atomic mass is 32.2. The first-order valence-corrected chi connectivity index (χ1v) is 11.3. The number of nitrogens with one attached hydrogen (secondary N) is 1. The van der Waals surface area contributed by atoms with E-state index >= 15 is 0 Å². The van der Waals surface area contributed by atoms with Gasteiger partial charge in [-0.05, 0) is 50.2 Å². The van der Waals surface area contributed by atoms with Crippen LogP contribution in [0.2, 0.25) is 0 Å². The van der Waals surface area contributed by atoms with Gasteiger partial charge in [0.1, 0.15) is 0 Å². The lowest BCUT2D eigenvalue weighted by molar-refractivity contribution is -0.120. The highest BCUT2D eigenvalue weighted by Crippen LogP contribution is 2.39. The van der Waals surface area contributed by atoms with Gasteiger partial charge in [0, 0.05) is 12.1 Å². The van der Waals surface area contributed by atoms with Crippen molar-refractivity contribution < 1.29 is 4.79 Å². The SMILES string of the molecule is C[C@@H]1[C@@H](C)CCC[C@@H]1n1c(S[C@@H](C)C(=O)NC2CC2)nc2ccccc2c1=O. The molecule has 1 heterocycles. The van der Waals surface area contributed by atoms with Gasteiger partial charge in [-0.25, -0.2) is 4.98 Å². The minimum atomic E-state index is -0.281. The maximum absolute atomic E-state index is 13.4.